The van der Waals surface area contributed by atoms with Crippen molar-refractivity contribution < 1.29 is 24.0 Å². The predicted molar refractivity (Wildman–Crippen MR) is 246 cm³/mol. The van der Waals surface area contributed by atoms with Crippen LogP contribution in [0.25, 0.3) is 22.2 Å². The molecule has 1 aliphatic rings. The summed E-state index contributed by atoms with van der Waals surface area (Å²) in [4.78, 5) is 66.8. The largest absolute Gasteiger partial charge is 0.394 e. The summed E-state index contributed by atoms with van der Waals surface area (Å²) >= 11 is 4.40. The van der Waals surface area contributed by atoms with Gasteiger partial charge in [-0.2, -0.15) is 0 Å². The maximum atomic E-state index is 13.3. The van der Waals surface area contributed by atoms with E-state index in [9.17, 15) is 14.4 Å². The van der Waals surface area contributed by atoms with Gasteiger partial charge in [-0.3, -0.25) is 34.2 Å². The molecule has 13 nitrogen and oxygen atoms in total. The highest BCUT2D eigenvalue weighted by Gasteiger charge is 2.19. The van der Waals surface area contributed by atoms with Crippen LogP contribution in [0.3, 0.4) is 0 Å². The Hall–Kier alpha value is -6.19. The number of Topliss-reactive ketones (excluding diaryl/α,β-unsaturated/α-hetero) is 2. The Bertz CT molecular complexity index is 2510. The number of carbonyl (C=O) groups excluding carboxylic acids is 3. The molecule has 0 atom stereocenters. The van der Waals surface area contributed by atoms with Crippen molar-refractivity contribution in [2.75, 3.05) is 59.1 Å². The van der Waals surface area contributed by atoms with Gasteiger partial charge in [0, 0.05) is 105 Å². The van der Waals surface area contributed by atoms with E-state index in [-0.39, 0.29) is 30.6 Å². The first-order valence-electron chi connectivity index (χ1n) is 21.2. The predicted octanol–water partition coefficient (Wildman–Crippen LogP) is 6.62. The maximum absolute atomic E-state index is 13.3. The number of ketones is 2. The van der Waals surface area contributed by atoms with E-state index in [0.717, 1.165) is 87.9 Å². The van der Waals surface area contributed by atoms with Gasteiger partial charge in [-0.15, -0.1) is 12.6 Å². The Morgan fingerprint density at radius 2 is 1.67 bits per heavy atom. The zero-order chi connectivity index (χ0) is 43.8. The van der Waals surface area contributed by atoms with E-state index in [1.807, 2.05) is 66.7 Å². The second-order valence-corrected chi connectivity index (χ2v) is 16.0. The number of piperazine rings is 1. The molecule has 0 unspecified atom stereocenters. The summed E-state index contributed by atoms with van der Waals surface area (Å²) in [6.45, 7) is 8.02. The molecule has 1 aliphatic heterocycles. The zero-order valence-electron chi connectivity index (χ0n) is 35.5. The summed E-state index contributed by atoms with van der Waals surface area (Å²) in [6, 6.07) is 27.3. The van der Waals surface area contributed by atoms with E-state index in [2.05, 4.69) is 66.9 Å². The third-order valence-electron chi connectivity index (χ3n) is 10.9. The third-order valence-corrected chi connectivity index (χ3v) is 11.2. The number of amides is 1. The summed E-state index contributed by atoms with van der Waals surface area (Å²) in [5.41, 5.74) is 8.03. The van der Waals surface area contributed by atoms with Gasteiger partial charge in [-0.1, -0.05) is 59.8 Å². The molecule has 7 rings (SSSR count). The molecular weight excluding hydrogens is 813 g/mol. The Kier molecular flexibility index (Phi) is 16.2. The molecule has 0 radical (unpaired) electrons. The van der Waals surface area contributed by atoms with Crippen LogP contribution in [0.5, 0.6) is 0 Å². The normalized spacial score (nSPS) is 13.4. The molecule has 0 aliphatic carbocycles. The molecule has 1 amide bonds. The Morgan fingerprint density at radius 1 is 0.841 bits per heavy atom. The Morgan fingerprint density at radius 3 is 2.49 bits per heavy atom. The lowest BCUT2D eigenvalue weighted by Gasteiger charge is -2.34. The summed E-state index contributed by atoms with van der Waals surface area (Å²) < 4.78 is 5.60. The molecule has 1 N–H and O–H groups in total. The van der Waals surface area contributed by atoms with Gasteiger partial charge in [0.1, 0.15) is 18.2 Å². The van der Waals surface area contributed by atoms with Gasteiger partial charge in [0.2, 0.25) is 0 Å². The number of hydrogen-bond donors (Lipinski definition) is 2. The molecule has 14 heteroatoms. The van der Waals surface area contributed by atoms with Crippen LogP contribution in [-0.2, 0) is 33.8 Å². The van der Waals surface area contributed by atoms with Gasteiger partial charge in [-0.25, -0.2) is 9.97 Å². The monoisotopic (exact) mass is 864 g/mol. The number of hydrogen-bond acceptors (Lipinski definition) is 13. The number of ether oxygens (including phenoxy) is 1. The number of para-hydroxylation sites is 1. The lowest BCUT2D eigenvalue weighted by Crippen LogP contribution is -2.47. The number of thiol groups is 1. The number of fused-ring (bicyclic) bond motifs is 1. The van der Waals surface area contributed by atoms with Gasteiger partial charge in [0.25, 0.3) is 5.91 Å². The highest BCUT2D eigenvalue weighted by Crippen LogP contribution is 2.22. The number of aryl methyl sites for hydroxylation is 1. The van der Waals surface area contributed by atoms with E-state index in [0.29, 0.717) is 56.6 Å². The first-order chi connectivity index (χ1) is 30.8. The van der Waals surface area contributed by atoms with Gasteiger partial charge in [0.15, 0.2) is 5.78 Å². The van der Waals surface area contributed by atoms with Crippen LogP contribution >= 0.6 is 12.6 Å². The Labute approximate surface area is 373 Å². The maximum Gasteiger partial charge on any atom is 0.253 e. The van der Waals surface area contributed by atoms with Gasteiger partial charge in [-0.05, 0) is 65.9 Å². The summed E-state index contributed by atoms with van der Waals surface area (Å²) in [5.74, 6) is 0.757. The van der Waals surface area contributed by atoms with Crippen molar-refractivity contribution in [1.29, 1.82) is 0 Å². The number of aromatic nitrogens is 4. The van der Waals surface area contributed by atoms with Crippen LogP contribution in [0.2, 0.25) is 0 Å². The summed E-state index contributed by atoms with van der Waals surface area (Å²) in [6.07, 6.45) is 10.3. The smallest absolute Gasteiger partial charge is 0.253 e. The molecule has 3 aromatic carbocycles. The van der Waals surface area contributed by atoms with Gasteiger partial charge < -0.3 is 14.9 Å². The molecule has 1 fully saturated rings. The number of nitrogens with zero attached hydrogens (tertiary/aromatic N) is 7. The van der Waals surface area contributed by atoms with Crippen LogP contribution in [0.1, 0.15) is 61.6 Å². The zero-order valence-corrected chi connectivity index (χ0v) is 36.4. The molecule has 63 heavy (non-hydrogen) atoms. The molecule has 324 valence electrons. The lowest BCUT2D eigenvalue weighted by molar-refractivity contribution is -0.121. The summed E-state index contributed by atoms with van der Waals surface area (Å²) in [7, 11) is 0. The highest BCUT2D eigenvalue weighted by molar-refractivity contribution is 7.80. The average Bonchev–Trinajstić information content (AvgIpc) is 3.30. The van der Waals surface area contributed by atoms with E-state index in [4.69, 9.17) is 14.6 Å². The van der Waals surface area contributed by atoms with Crippen molar-refractivity contribution in [3.63, 3.8) is 0 Å². The molecule has 6 aromatic rings. The van der Waals surface area contributed by atoms with Gasteiger partial charge >= 0.3 is 0 Å². The highest BCUT2D eigenvalue weighted by atomic mass is 32.1. The number of carbonyl (C=O) groups is 3. The number of oxime groups is 1. The van der Waals surface area contributed by atoms with E-state index in [1.165, 1.54) is 12.4 Å². The van der Waals surface area contributed by atoms with E-state index in [1.54, 1.807) is 24.7 Å². The van der Waals surface area contributed by atoms with Crippen molar-refractivity contribution >= 4 is 47.2 Å². The number of pyridine rings is 2. The fourth-order valence-corrected chi connectivity index (χ4v) is 7.63. The minimum atomic E-state index is -0.257. The van der Waals surface area contributed by atoms with E-state index >= 15 is 0 Å². The molecular formula is C49H52N8O5S. The number of benzene rings is 3. The second kappa shape index (κ2) is 22.8. The second-order valence-electron chi connectivity index (χ2n) is 15.5. The van der Waals surface area contributed by atoms with Gasteiger partial charge in [0.05, 0.1) is 42.7 Å². The van der Waals surface area contributed by atoms with Crippen molar-refractivity contribution in [2.24, 2.45) is 5.16 Å². The van der Waals surface area contributed by atoms with Crippen LogP contribution in [0.15, 0.2) is 120 Å². The molecule has 0 saturated carbocycles. The number of rotatable bonds is 21. The minimum absolute atomic E-state index is 0.0794. The van der Waals surface area contributed by atoms with Crippen LogP contribution in [-0.4, -0.2) is 113 Å². The minimum Gasteiger partial charge on any atom is -0.394 e. The first-order valence-corrected chi connectivity index (χ1v) is 21.7. The standard InChI is InChI=1S/C49H52N8O5S/c1-35-9-10-37(27-41(35)30-47-51-17-15-44(55-47)40-6-3-16-50-31-40)28-45(59)38-13-11-36(12-14-38)33-56-20-22-57(23-21-56)34-43(58)7-4-24-61-25-26-62-54-19-18-52-49(60)42-29-39-5-2-8-46(63)48(39)53-32-42/h2-3,5-6,8-17,19,27,29,31-32,63H,4,7,18,20-26,28,30,33-34H2,1H3,(H,52,60)/b54-19-. The van der Waals surface area contributed by atoms with Crippen LogP contribution in [0, 0.1) is 6.92 Å². The first kappa shape index (κ1) is 44.9. The lowest BCUT2D eigenvalue weighted by atomic mass is 9.97. The van der Waals surface area contributed by atoms with Crippen LogP contribution in [0.4, 0.5) is 0 Å². The molecule has 3 aromatic heterocycles. The fraction of sp³-hybridized carbons (Fsp3) is 0.306. The topological polar surface area (TPSA) is 152 Å². The fourth-order valence-electron chi connectivity index (χ4n) is 7.35. The average molecular weight is 865 g/mol. The molecule has 1 saturated heterocycles. The quantitative estimate of drug-likeness (QED) is 0.0264. The molecule has 0 bridgehead atoms. The Balaban J connectivity index is 0.733. The van der Waals surface area contributed by atoms with Crippen molar-refractivity contribution in [1.82, 2.24) is 35.1 Å². The van der Waals surface area contributed by atoms with Crippen molar-refractivity contribution in [3.8, 4) is 11.3 Å². The van der Waals surface area contributed by atoms with E-state index < -0.39 is 0 Å². The SMILES string of the molecule is Cc1ccc(CC(=O)c2ccc(CN3CCN(CC(=O)CCCOCCO/N=C\CNC(=O)c4cnc5c(S)cccc5c4)CC3)cc2)cc1Cc1nccc(-c2cccnc2)n1. The molecule has 0 spiro atoms. The third kappa shape index (κ3) is 13.4. The summed E-state index contributed by atoms with van der Waals surface area (Å²) in [5, 5.41) is 7.46. The number of nitrogens with one attached hydrogen (secondary N) is 1. The molecule has 4 heterocycles. The van der Waals surface area contributed by atoms with Crippen LogP contribution < -0.4 is 5.32 Å². The van der Waals surface area contributed by atoms with Crippen molar-refractivity contribution in [3.05, 3.63) is 149 Å². The van der Waals surface area contributed by atoms with Crippen molar-refractivity contribution in [2.45, 2.75) is 44.0 Å².